The Balaban J connectivity index is 2.47. The van der Waals surface area contributed by atoms with Crippen molar-refractivity contribution in [3.05, 3.63) is 35.1 Å². The molecule has 19 heavy (non-hydrogen) atoms. The lowest BCUT2D eigenvalue weighted by atomic mass is 10.0. The van der Waals surface area contributed by atoms with Gasteiger partial charge in [-0.2, -0.15) is 13.2 Å². The summed E-state index contributed by atoms with van der Waals surface area (Å²) < 4.78 is 50.6. The number of rotatable bonds is 7. The van der Waals surface area contributed by atoms with Crippen LogP contribution in [0, 0.1) is 5.82 Å². The molecule has 0 fully saturated rings. The number of hydrogen-bond donors (Lipinski definition) is 1. The molecule has 0 amide bonds. The maximum Gasteiger partial charge on any atom is 0.419 e. The highest BCUT2D eigenvalue weighted by atomic mass is 19.4. The summed E-state index contributed by atoms with van der Waals surface area (Å²) in [7, 11) is 0. The van der Waals surface area contributed by atoms with Gasteiger partial charge in [-0.05, 0) is 56.5 Å². The van der Waals surface area contributed by atoms with Crippen LogP contribution in [0.5, 0.6) is 0 Å². The van der Waals surface area contributed by atoms with E-state index < -0.39 is 17.6 Å². The highest BCUT2D eigenvalue weighted by Crippen LogP contribution is 2.32. The van der Waals surface area contributed by atoms with Crippen molar-refractivity contribution in [3.63, 3.8) is 0 Å². The lowest BCUT2D eigenvalue weighted by molar-refractivity contribution is -0.140. The SMILES string of the molecule is CCCNCCCCc1ccc(F)c(C(F)(F)F)c1. The summed E-state index contributed by atoms with van der Waals surface area (Å²) in [6.45, 7) is 3.89. The average Bonchev–Trinajstić information content (AvgIpc) is 2.34. The Morgan fingerprint density at radius 3 is 2.47 bits per heavy atom. The minimum absolute atomic E-state index is 0.532. The lowest BCUT2D eigenvalue weighted by Gasteiger charge is -2.10. The Kier molecular flexibility index (Phi) is 6.28. The highest BCUT2D eigenvalue weighted by Gasteiger charge is 2.34. The molecule has 0 aliphatic rings. The number of halogens is 4. The molecule has 0 heterocycles. The van der Waals surface area contributed by atoms with E-state index in [2.05, 4.69) is 12.2 Å². The number of unbranched alkanes of at least 4 members (excludes halogenated alkanes) is 1. The third-order valence-electron chi connectivity index (χ3n) is 2.83. The summed E-state index contributed by atoms with van der Waals surface area (Å²) in [5, 5.41) is 3.23. The van der Waals surface area contributed by atoms with E-state index in [1.54, 1.807) is 0 Å². The largest absolute Gasteiger partial charge is 0.419 e. The predicted octanol–water partition coefficient (Wildman–Crippen LogP) is 4.17. The van der Waals surface area contributed by atoms with Gasteiger partial charge in [0.25, 0.3) is 0 Å². The van der Waals surface area contributed by atoms with E-state index in [9.17, 15) is 17.6 Å². The van der Waals surface area contributed by atoms with Crippen LogP contribution >= 0.6 is 0 Å². The molecular weight excluding hydrogens is 258 g/mol. The van der Waals surface area contributed by atoms with Crippen LogP contribution in [0.4, 0.5) is 17.6 Å². The minimum atomic E-state index is -4.62. The van der Waals surface area contributed by atoms with Gasteiger partial charge in [-0.25, -0.2) is 4.39 Å². The molecule has 0 unspecified atom stereocenters. The maximum atomic E-state index is 13.1. The van der Waals surface area contributed by atoms with Crippen molar-refractivity contribution in [2.24, 2.45) is 0 Å². The van der Waals surface area contributed by atoms with Gasteiger partial charge in [0.05, 0.1) is 5.56 Å². The molecule has 1 aromatic rings. The zero-order valence-corrected chi connectivity index (χ0v) is 11.0. The highest BCUT2D eigenvalue weighted by molar-refractivity contribution is 5.27. The van der Waals surface area contributed by atoms with Gasteiger partial charge in [0.15, 0.2) is 0 Å². The zero-order chi connectivity index (χ0) is 14.3. The van der Waals surface area contributed by atoms with E-state index in [1.165, 1.54) is 6.07 Å². The molecule has 0 spiro atoms. The van der Waals surface area contributed by atoms with Crippen LogP contribution in [0.1, 0.15) is 37.3 Å². The van der Waals surface area contributed by atoms with Crippen molar-refractivity contribution in [1.29, 1.82) is 0 Å². The number of nitrogens with one attached hydrogen (secondary N) is 1. The van der Waals surface area contributed by atoms with Crippen LogP contribution in [0.25, 0.3) is 0 Å². The smallest absolute Gasteiger partial charge is 0.317 e. The molecule has 0 saturated carbocycles. The number of aryl methyl sites for hydroxylation is 1. The van der Waals surface area contributed by atoms with E-state index >= 15 is 0 Å². The third-order valence-corrected chi connectivity index (χ3v) is 2.83. The van der Waals surface area contributed by atoms with E-state index in [-0.39, 0.29) is 0 Å². The first-order valence-corrected chi connectivity index (χ1v) is 6.51. The van der Waals surface area contributed by atoms with Gasteiger partial charge in [-0.3, -0.25) is 0 Å². The Morgan fingerprint density at radius 1 is 1.11 bits per heavy atom. The third kappa shape index (κ3) is 5.59. The molecule has 0 bridgehead atoms. The second kappa shape index (κ2) is 7.48. The van der Waals surface area contributed by atoms with Gasteiger partial charge in [-0.15, -0.1) is 0 Å². The fourth-order valence-electron chi connectivity index (χ4n) is 1.83. The van der Waals surface area contributed by atoms with Crippen LogP contribution in [0.3, 0.4) is 0 Å². The first-order valence-electron chi connectivity index (χ1n) is 6.51. The summed E-state index contributed by atoms with van der Waals surface area (Å²) in [6, 6.07) is 3.23. The molecule has 1 N–H and O–H groups in total. The standard InChI is InChI=1S/C14H19F4N/c1-2-8-19-9-4-3-5-11-6-7-13(15)12(10-11)14(16,17)18/h6-7,10,19H,2-5,8-9H2,1H3. The predicted molar refractivity (Wildman–Crippen MR) is 67.5 cm³/mol. The molecule has 0 aliphatic heterocycles. The van der Waals surface area contributed by atoms with Crippen molar-refractivity contribution in [1.82, 2.24) is 5.32 Å². The van der Waals surface area contributed by atoms with Crippen LogP contribution in [0.2, 0.25) is 0 Å². The Labute approximate surface area is 111 Å². The second-order valence-corrected chi connectivity index (χ2v) is 4.52. The van der Waals surface area contributed by atoms with Gasteiger partial charge in [0.2, 0.25) is 0 Å². The van der Waals surface area contributed by atoms with Crippen LogP contribution in [0.15, 0.2) is 18.2 Å². The van der Waals surface area contributed by atoms with Crippen molar-refractivity contribution >= 4 is 0 Å². The van der Waals surface area contributed by atoms with E-state index in [4.69, 9.17) is 0 Å². The number of benzene rings is 1. The van der Waals surface area contributed by atoms with Gasteiger partial charge in [-0.1, -0.05) is 13.0 Å². The summed E-state index contributed by atoms with van der Waals surface area (Å²) in [4.78, 5) is 0. The summed E-state index contributed by atoms with van der Waals surface area (Å²) >= 11 is 0. The van der Waals surface area contributed by atoms with Gasteiger partial charge < -0.3 is 5.32 Å². The molecule has 1 aromatic carbocycles. The van der Waals surface area contributed by atoms with Crippen molar-refractivity contribution in [3.8, 4) is 0 Å². The van der Waals surface area contributed by atoms with Crippen LogP contribution in [-0.2, 0) is 12.6 Å². The average molecular weight is 277 g/mol. The second-order valence-electron chi connectivity index (χ2n) is 4.52. The van der Waals surface area contributed by atoms with E-state index in [0.29, 0.717) is 12.0 Å². The fraction of sp³-hybridized carbons (Fsp3) is 0.571. The molecular formula is C14H19F4N. The fourth-order valence-corrected chi connectivity index (χ4v) is 1.83. The molecule has 1 rings (SSSR count). The number of hydrogen-bond acceptors (Lipinski definition) is 1. The summed E-state index contributed by atoms with van der Waals surface area (Å²) in [5.41, 5.74) is -0.640. The van der Waals surface area contributed by atoms with E-state index in [1.807, 2.05) is 0 Å². The van der Waals surface area contributed by atoms with Crippen LogP contribution < -0.4 is 5.32 Å². The Hall–Kier alpha value is -1.10. The Bertz CT molecular complexity index is 388. The molecule has 0 atom stereocenters. The number of alkyl halides is 3. The molecule has 0 radical (unpaired) electrons. The molecule has 1 nitrogen and oxygen atoms in total. The first-order chi connectivity index (χ1) is 8.95. The van der Waals surface area contributed by atoms with Gasteiger partial charge in [0, 0.05) is 0 Å². The summed E-state index contributed by atoms with van der Waals surface area (Å²) in [6.07, 6.45) is -1.33. The van der Waals surface area contributed by atoms with Gasteiger partial charge in [0.1, 0.15) is 5.82 Å². The quantitative estimate of drug-likeness (QED) is 0.582. The van der Waals surface area contributed by atoms with Crippen molar-refractivity contribution < 1.29 is 17.6 Å². The minimum Gasteiger partial charge on any atom is -0.317 e. The van der Waals surface area contributed by atoms with Crippen molar-refractivity contribution in [2.45, 2.75) is 38.8 Å². The lowest BCUT2D eigenvalue weighted by Crippen LogP contribution is -2.15. The monoisotopic (exact) mass is 277 g/mol. The normalized spacial score (nSPS) is 11.8. The van der Waals surface area contributed by atoms with Crippen LogP contribution in [-0.4, -0.2) is 13.1 Å². The molecule has 108 valence electrons. The molecule has 0 aliphatic carbocycles. The topological polar surface area (TPSA) is 12.0 Å². The van der Waals surface area contributed by atoms with E-state index in [0.717, 1.165) is 44.5 Å². The first kappa shape index (κ1) is 16.0. The molecule has 0 aromatic heterocycles. The Morgan fingerprint density at radius 2 is 1.84 bits per heavy atom. The van der Waals surface area contributed by atoms with Gasteiger partial charge >= 0.3 is 6.18 Å². The maximum absolute atomic E-state index is 13.1. The zero-order valence-electron chi connectivity index (χ0n) is 11.0. The van der Waals surface area contributed by atoms with Crippen molar-refractivity contribution in [2.75, 3.05) is 13.1 Å². The molecule has 0 saturated heterocycles. The molecule has 5 heteroatoms. The summed E-state index contributed by atoms with van der Waals surface area (Å²) in [5.74, 6) is -1.21.